The third-order valence-corrected chi connectivity index (χ3v) is 5.81. The summed E-state index contributed by atoms with van der Waals surface area (Å²) in [7, 11) is 0. The smallest absolute Gasteiger partial charge is 0.321 e. The number of amides is 3. The van der Waals surface area contributed by atoms with Gasteiger partial charge in [-0.3, -0.25) is 14.4 Å². The zero-order chi connectivity index (χ0) is 18.7. The van der Waals surface area contributed by atoms with E-state index in [1.165, 1.54) is 6.42 Å². The first-order valence-electron chi connectivity index (χ1n) is 9.61. The molecule has 0 bridgehead atoms. The van der Waals surface area contributed by atoms with Crippen LogP contribution in [0.3, 0.4) is 0 Å². The monoisotopic (exact) mass is 362 g/mol. The normalized spacial score (nSPS) is 20.8. The van der Waals surface area contributed by atoms with Crippen LogP contribution in [0.1, 0.15) is 44.7 Å². The molecule has 2 aliphatic rings. The molecular weight excluding hydrogens is 332 g/mol. The van der Waals surface area contributed by atoms with E-state index in [-0.39, 0.29) is 11.9 Å². The van der Waals surface area contributed by atoms with Crippen molar-refractivity contribution in [3.05, 3.63) is 11.9 Å². The molecule has 2 saturated heterocycles. The lowest BCUT2D eigenvalue weighted by molar-refractivity contribution is -0.134. The number of aromatic nitrogens is 2. The van der Waals surface area contributed by atoms with Crippen LogP contribution in [0, 0.1) is 6.92 Å². The number of piperidine rings is 2. The molecule has 0 spiro atoms. The van der Waals surface area contributed by atoms with Crippen LogP contribution in [0.2, 0.25) is 0 Å². The summed E-state index contributed by atoms with van der Waals surface area (Å²) in [5.74, 6) is -0.250. The maximum absolute atomic E-state index is 12.6. The Hall–Kier alpha value is -2.09. The van der Waals surface area contributed by atoms with E-state index in [1.807, 2.05) is 20.0 Å². The lowest BCUT2D eigenvalue weighted by Crippen LogP contribution is -2.64. The molecule has 0 radical (unpaired) electrons. The SMILES string of the molecule is CCn1cc(NC(=O)N2CCC(C(N)=O)(N3CCCCC3)CC2)c(C)n1. The van der Waals surface area contributed by atoms with Crippen LogP contribution in [0.4, 0.5) is 10.5 Å². The van der Waals surface area contributed by atoms with Crippen molar-refractivity contribution in [2.24, 2.45) is 5.73 Å². The van der Waals surface area contributed by atoms with E-state index in [9.17, 15) is 9.59 Å². The van der Waals surface area contributed by atoms with E-state index in [0.717, 1.165) is 43.9 Å². The van der Waals surface area contributed by atoms with E-state index in [2.05, 4.69) is 15.3 Å². The van der Waals surface area contributed by atoms with Crippen LogP contribution in [0.5, 0.6) is 0 Å². The second-order valence-corrected chi connectivity index (χ2v) is 7.34. The molecule has 1 aromatic rings. The Labute approximate surface area is 154 Å². The number of nitrogens with one attached hydrogen (secondary N) is 1. The van der Waals surface area contributed by atoms with Crippen LogP contribution in [0.25, 0.3) is 0 Å². The van der Waals surface area contributed by atoms with E-state index >= 15 is 0 Å². The highest BCUT2D eigenvalue weighted by atomic mass is 16.2. The van der Waals surface area contributed by atoms with E-state index in [0.29, 0.717) is 25.9 Å². The molecule has 3 N–H and O–H groups in total. The maximum atomic E-state index is 12.6. The van der Waals surface area contributed by atoms with Crippen LogP contribution < -0.4 is 11.1 Å². The van der Waals surface area contributed by atoms with Crippen molar-refractivity contribution in [3.63, 3.8) is 0 Å². The molecule has 1 aromatic heterocycles. The van der Waals surface area contributed by atoms with Gasteiger partial charge in [0.2, 0.25) is 5.91 Å². The van der Waals surface area contributed by atoms with Gasteiger partial charge in [-0.05, 0) is 52.6 Å². The lowest BCUT2D eigenvalue weighted by Gasteiger charge is -2.48. The van der Waals surface area contributed by atoms with Crippen molar-refractivity contribution < 1.29 is 9.59 Å². The van der Waals surface area contributed by atoms with Crippen molar-refractivity contribution >= 4 is 17.6 Å². The van der Waals surface area contributed by atoms with E-state index in [1.54, 1.807) is 9.58 Å². The summed E-state index contributed by atoms with van der Waals surface area (Å²) in [6, 6.07) is -0.138. The van der Waals surface area contributed by atoms with Crippen LogP contribution in [-0.2, 0) is 11.3 Å². The quantitative estimate of drug-likeness (QED) is 0.849. The molecule has 144 valence electrons. The van der Waals surface area contributed by atoms with Crippen molar-refractivity contribution in [1.82, 2.24) is 19.6 Å². The number of rotatable bonds is 4. The minimum atomic E-state index is -0.597. The third-order valence-electron chi connectivity index (χ3n) is 5.81. The predicted octanol–water partition coefficient (Wildman–Crippen LogP) is 1.55. The summed E-state index contributed by atoms with van der Waals surface area (Å²) in [5, 5.41) is 7.29. The second kappa shape index (κ2) is 7.65. The predicted molar refractivity (Wildman–Crippen MR) is 99.8 cm³/mol. The zero-order valence-corrected chi connectivity index (χ0v) is 15.8. The number of carbonyl (C=O) groups excluding carboxylic acids is 2. The molecule has 0 aliphatic carbocycles. The van der Waals surface area contributed by atoms with E-state index < -0.39 is 5.54 Å². The standard InChI is InChI=1S/C18H30N6O2/c1-3-24-13-15(14(2)21-24)20-17(26)22-11-7-18(8-12-22,16(19)25)23-9-5-4-6-10-23/h13H,3-12H2,1-2H3,(H2,19,25)(H,20,26). The van der Waals surface area contributed by atoms with Gasteiger partial charge in [0.1, 0.15) is 5.54 Å². The maximum Gasteiger partial charge on any atom is 0.321 e. The first-order chi connectivity index (χ1) is 12.5. The topological polar surface area (TPSA) is 96.5 Å². The number of anilines is 1. The fourth-order valence-electron chi connectivity index (χ4n) is 4.12. The number of carbonyl (C=O) groups is 2. The second-order valence-electron chi connectivity index (χ2n) is 7.34. The van der Waals surface area contributed by atoms with Crippen LogP contribution in [-0.4, -0.2) is 63.2 Å². The molecule has 0 unspecified atom stereocenters. The molecule has 2 fully saturated rings. The number of nitrogens with two attached hydrogens (primary N) is 1. The summed E-state index contributed by atoms with van der Waals surface area (Å²) in [6.07, 6.45) is 6.48. The molecule has 0 saturated carbocycles. The molecule has 8 nitrogen and oxygen atoms in total. The Morgan fingerprint density at radius 2 is 1.85 bits per heavy atom. The van der Waals surface area contributed by atoms with Gasteiger partial charge in [-0.2, -0.15) is 5.10 Å². The average molecular weight is 362 g/mol. The van der Waals surface area contributed by atoms with Gasteiger partial charge in [0.05, 0.1) is 11.4 Å². The number of likely N-dealkylation sites (tertiary alicyclic amines) is 2. The van der Waals surface area contributed by atoms with Gasteiger partial charge in [0.25, 0.3) is 0 Å². The number of aryl methyl sites for hydroxylation is 2. The van der Waals surface area contributed by atoms with Gasteiger partial charge in [0, 0.05) is 25.8 Å². The summed E-state index contributed by atoms with van der Waals surface area (Å²) in [6.45, 7) is 7.56. The van der Waals surface area contributed by atoms with Gasteiger partial charge in [-0.15, -0.1) is 0 Å². The molecule has 26 heavy (non-hydrogen) atoms. The van der Waals surface area contributed by atoms with E-state index in [4.69, 9.17) is 5.73 Å². The first kappa shape index (κ1) is 18.7. The Balaban J connectivity index is 1.63. The molecular formula is C18H30N6O2. The first-order valence-corrected chi connectivity index (χ1v) is 9.61. The summed E-state index contributed by atoms with van der Waals surface area (Å²) in [4.78, 5) is 28.9. The summed E-state index contributed by atoms with van der Waals surface area (Å²) >= 11 is 0. The van der Waals surface area contributed by atoms with Crippen molar-refractivity contribution in [3.8, 4) is 0 Å². The minimum Gasteiger partial charge on any atom is -0.368 e. The number of nitrogens with zero attached hydrogens (tertiary/aromatic N) is 4. The van der Waals surface area contributed by atoms with Gasteiger partial charge in [0.15, 0.2) is 0 Å². The fourth-order valence-corrected chi connectivity index (χ4v) is 4.12. The molecule has 0 atom stereocenters. The number of primary amides is 1. The number of urea groups is 1. The summed E-state index contributed by atoms with van der Waals surface area (Å²) in [5.41, 5.74) is 6.75. The van der Waals surface area contributed by atoms with Crippen LogP contribution in [0.15, 0.2) is 6.20 Å². The highest BCUT2D eigenvalue weighted by Crippen LogP contribution is 2.31. The molecule has 3 rings (SSSR count). The molecule has 0 aromatic carbocycles. The number of hydrogen-bond acceptors (Lipinski definition) is 4. The minimum absolute atomic E-state index is 0.138. The van der Waals surface area contributed by atoms with Crippen LogP contribution >= 0.6 is 0 Å². The Morgan fingerprint density at radius 1 is 1.19 bits per heavy atom. The molecule has 8 heteroatoms. The average Bonchev–Trinajstić information content (AvgIpc) is 3.02. The largest absolute Gasteiger partial charge is 0.368 e. The molecule has 3 heterocycles. The van der Waals surface area contributed by atoms with Crippen molar-refractivity contribution in [2.75, 3.05) is 31.5 Å². The molecule has 2 aliphatic heterocycles. The van der Waals surface area contributed by atoms with Crippen molar-refractivity contribution in [2.45, 2.75) is 58.0 Å². The highest BCUT2D eigenvalue weighted by Gasteiger charge is 2.45. The van der Waals surface area contributed by atoms with Gasteiger partial charge < -0.3 is 16.0 Å². The summed E-state index contributed by atoms with van der Waals surface area (Å²) < 4.78 is 1.80. The Kier molecular flexibility index (Phi) is 5.50. The fraction of sp³-hybridized carbons (Fsp3) is 0.722. The third kappa shape index (κ3) is 3.56. The Morgan fingerprint density at radius 3 is 2.38 bits per heavy atom. The number of hydrogen-bond donors (Lipinski definition) is 2. The van der Waals surface area contributed by atoms with Gasteiger partial charge in [-0.25, -0.2) is 4.79 Å². The Bertz CT molecular complexity index is 657. The van der Waals surface area contributed by atoms with Gasteiger partial charge >= 0.3 is 6.03 Å². The zero-order valence-electron chi connectivity index (χ0n) is 15.8. The molecule has 3 amide bonds. The van der Waals surface area contributed by atoms with Gasteiger partial charge in [-0.1, -0.05) is 6.42 Å². The van der Waals surface area contributed by atoms with Crippen molar-refractivity contribution in [1.29, 1.82) is 0 Å². The lowest BCUT2D eigenvalue weighted by atomic mass is 9.83. The highest BCUT2D eigenvalue weighted by molar-refractivity contribution is 5.90.